The predicted molar refractivity (Wildman–Crippen MR) is 77.7 cm³/mol. The van der Waals surface area contributed by atoms with E-state index in [1.807, 2.05) is 4.90 Å². The summed E-state index contributed by atoms with van der Waals surface area (Å²) in [6.45, 7) is 6.22. The van der Waals surface area contributed by atoms with E-state index >= 15 is 0 Å². The monoisotopic (exact) mass is 281 g/mol. The van der Waals surface area contributed by atoms with Crippen LogP contribution in [0.1, 0.15) is 25.7 Å². The first-order chi connectivity index (χ1) is 9.75. The van der Waals surface area contributed by atoms with Gasteiger partial charge in [-0.15, -0.1) is 0 Å². The Labute approximate surface area is 121 Å². The molecule has 114 valence electrons. The molecule has 0 saturated carbocycles. The molecule has 0 aromatic carbocycles. The van der Waals surface area contributed by atoms with Gasteiger partial charge in [0.2, 0.25) is 0 Å². The van der Waals surface area contributed by atoms with E-state index < -0.39 is 0 Å². The van der Waals surface area contributed by atoms with Crippen molar-refractivity contribution in [3.63, 3.8) is 0 Å². The van der Waals surface area contributed by atoms with Gasteiger partial charge in [0.25, 0.3) is 0 Å². The third-order valence-electron chi connectivity index (χ3n) is 5.13. The van der Waals surface area contributed by atoms with E-state index in [-0.39, 0.29) is 6.03 Å². The molecule has 3 saturated heterocycles. The van der Waals surface area contributed by atoms with E-state index in [2.05, 4.69) is 16.8 Å². The number of ether oxygens (including phenoxy) is 1. The van der Waals surface area contributed by atoms with Gasteiger partial charge in [-0.3, -0.25) is 0 Å². The number of rotatable bonds is 1. The van der Waals surface area contributed by atoms with Crippen LogP contribution in [0.5, 0.6) is 0 Å². The fraction of sp³-hybridized carbons (Fsp3) is 0.933. The van der Waals surface area contributed by atoms with Crippen LogP contribution in [0.4, 0.5) is 4.79 Å². The first kappa shape index (κ1) is 14.1. The second kappa shape index (κ2) is 6.31. The Hall–Kier alpha value is -0.810. The van der Waals surface area contributed by atoms with Crippen LogP contribution in [0, 0.1) is 5.92 Å². The van der Waals surface area contributed by atoms with Gasteiger partial charge in [-0.2, -0.15) is 0 Å². The molecule has 3 heterocycles. The lowest BCUT2D eigenvalue weighted by molar-refractivity contribution is 0.0375. The third-order valence-corrected chi connectivity index (χ3v) is 5.13. The molecule has 0 radical (unpaired) electrons. The number of piperidine rings is 1. The summed E-state index contributed by atoms with van der Waals surface area (Å²) in [5, 5.41) is 0. The van der Waals surface area contributed by atoms with E-state index in [1.165, 1.54) is 38.8 Å². The molecular weight excluding hydrogens is 254 g/mol. The topological polar surface area (TPSA) is 36.0 Å². The van der Waals surface area contributed by atoms with Gasteiger partial charge in [0.1, 0.15) is 0 Å². The van der Waals surface area contributed by atoms with Crippen LogP contribution in [-0.2, 0) is 4.74 Å². The zero-order valence-corrected chi connectivity index (χ0v) is 12.6. The molecule has 3 fully saturated rings. The number of carbonyl (C=O) groups is 1. The number of carbonyl (C=O) groups excluding carboxylic acids is 1. The summed E-state index contributed by atoms with van der Waals surface area (Å²) >= 11 is 0. The highest BCUT2D eigenvalue weighted by molar-refractivity contribution is 5.75. The summed E-state index contributed by atoms with van der Waals surface area (Å²) in [7, 11) is 2.20. The van der Waals surface area contributed by atoms with Crippen molar-refractivity contribution < 1.29 is 9.53 Å². The Balaban J connectivity index is 1.61. The summed E-state index contributed by atoms with van der Waals surface area (Å²) in [6, 6.07) is 0.744. The molecule has 5 nitrogen and oxygen atoms in total. The standard InChI is InChI=1S/C15H27N3O2/c1-16-7-4-13(5-8-16)14-3-2-6-18(14)15(19)17-9-11-20-12-10-17/h13-14H,2-12H2,1H3. The maximum Gasteiger partial charge on any atom is 0.320 e. The Bertz CT molecular complexity index is 336. The lowest BCUT2D eigenvalue weighted by Gasteiger charge is -2.39. The van der Waals surface area contributed by atoms with Gasteiger partial charge < -0.3 is 19.4 Å². The first-order valence-corrected chi connectivity index (χ1v) is 8.07. The largest absolute Gasteiger partial charge is 0.378 e. The summed E-state index contributed by atoms with van der Waals surface area (Å²) in [6.07, 6.45) is 4.86. The van der Waals surface area contributed by atoms with Crippen LogP contribution in [0.2, 0.25) is 0 Å². The minimum atomic E-state index is 0.259. The summed E-state index contributed by atoms with van der Waals surface area (Å²) < 4.78 is 5.35. The van der Waals surface area contributed by atoms with Crippen molar-refractivity contribution in [1.82, 2.24) is 14.7 Å². The second-order valence-corrected chi connectivity index (χ2v) is 6.43. The van der Waals surface area contributed by atoms with E-state index in [9.17, 15) is 4.79 Å². The van der Waals surface area contributed by atoms with Crippen LogP contribution in [0.15, 0.2) is 0 Å². The Morgan fingerprint density at radius 3 is 2.40 bits per heavy atom. The number of urea groups is 1. The minimum Gasteiger partial charge on any atom is -0.378 e. The fourth-order valence-corrected chi connectivity index (χ4v) is 3.87. The average molecular weight is 281 g/mol. The Kier molecular flexibility index (Phi) is 4.46. The number of hydrogen-bond acceptors (Lipinski definition) is 3. The minimum absolute atomic E-state index is 0.259. The lowest BCUT2D eigenvalue weighted by Crippen LogP contribution is -2.52. The normalized spacial score (nSPS) is 29.9. The lowest BCUT2D eigenvalue weighted by atomic mass is 9.88. The van der Waals surface area contributed by atoms with E-state index in [1.54, 1.807) is 0 Å². The van der Waals surface area contributed by atoms with Crippen LogP contribution in [-0.4, -0.2) is 79.8 Å². The van der Waals surface area contributed by atoms with Crippen LogP contribution < -0.4 is 0 Å². The molecule has 0 aromatic rings. The quantitative estimate of drug-likeness (QED) is 0.725. The van der Waals surface area contributed by atoms with Gasteiger partial charge in [-0.05, 0) is 51.7 Å². The predicted octanol–water partition coefficient (Wildman–Crippen LogP) is 1.24. The van der Waals surface area contributed by atoms with E-state index in [0.717, 1.165) is 19.6 Å². The van der Waals surface area contributed by atoms with Crippen molar-refractivity contribution in [3.8, 4) is 0 Å². The van der Waals surface area contributed by atoms with Crippen LogP contribution in [0.3, 0.4) is 0 Å². The summed E-state index contributed by atoms with van der Waals surface area (Å²) in [5.74, 6) is 0.707. The highest BCUT2D eigenvalue weighted by Crippen LogP contribution is 2.31. The fourth-order valence-electron chi connectivity index (χ4n) is 3.87. The van der Waals surface area contributed by atoms with Crippen molar-refractivity contribution in [1.29, 1.82) is 0 Å². The Morgan fingerprint density at radius 2 is 1.70 bits per heavy atom. The Morgan fingerprint density at radius 1 is 1.00 bits per heavy atom. The molecule has 1 atom stereocenters. The molecule has 3 aliphatic rings. The number of likely N-dealkylation sites (tertiary alicyclic amines) is 2. The van der Waals surface area contributed by atoms with Gasteiger partial charge in [0.05, 0.1) is 13.2 Å². The van der Waals surface area contributed by atoms with Gasteiger partial charge in [-0.25, -0.2) is 4.79 Å². The molecule has 5 heteroatoms. The van der Waals surface area contributed by atoms with Crippen LogP contribution in [0.25, 0.3) is 0 Å². The molecule has 1 unspecified atom stereocenters. The van der Waals surface area contributed by atoms with Gasteiger partial charge in [-0.1, -0.05) is 0 Å². The van der Waals surface area contributed by atoms with Gasteiger partial charge >= 0.3 is 6.03 Å². The van der Waals surface area contributed by atoms with Crippen molar-refractivity contribution in [2.24, 2.45) is 5.92 Å². The number of amides is 2. The number of hydrogen-bond donors (Lipinski definition) is 0. The van der Waals surface area contributed by atoms with Gasteiger partial charge in [0, 0.05) is 25.7 Å². The molecule has 3 rings (SSSR count). The molecule has 2 amide bonds. The average Bonchev–Trinajstić information content (AvgIpc) is 2.97. The SMILES string of the molecule is CN1CCC(C2CCCN2C(=O)N2CCOCC2)CC1. The number of nitrogens with zero attached hydrogens (tertiary/aromatic N) is 3. The number of morpholine rings is 1. The zero-order chi connectivity index (χ0) is 13.9. The summed E-state index contributed by atoms with van der Waals surface area (Å²) in [5.41, 5.74) is 0. The smallest absolute Gasteiger partial charge is 0.320 e. The second-order valence-electron chi connectivity index (χ2n) is 6.43. The maximum absolute atomic E-state index is 12.7. The highest BCUT2D eigenvalue weighted by atomic mass is 16.5. The zero-order valence-electron chi connectivity index (χ0n) is 12.6. The molecular formula is C15H27N3O2. The van der Waals surface area contributed by atoms with Crippen molar-refractivity contribution in [3.05, 3.63) is 0 Å². The molecule has 0 N–H and O–H groups in total. The van der Waals surface area contributed by atoms with Crippen molar-refractivity contribution >= 4 is 6.03 Å². The van der Waals surface area contributed by atoms with Crippen molar-refractivity contribution in [2.75, 3.05) is 53.0 Å². The third kappa shape index (κ3) is 2.93. The molecule has 0 aliphatic carbocycles. The molecule has 20 heavy (non-hydrogen) atoms. The maximum atomic E-state index is 12.7. The molecule has 0 spiro atoms. The molecule has 3 aliphatic heterocycles. The molecule has 0 aromatic heterocycles. The first-order valence-electron chi connectivity index (χ1n) is 8.07. The van der Waals surface area contributed by atoms with Gasteiger partial charge in [0.15, 0.2) is 0 Å². The highest BCUT2D eigenvalue weighted by Gasteiger charge is 2.37. The molecule has 0 bridgehead atoms. The van der Waals surface area contributed by atoms with E-state index in [0.29, 0.717) is 25.2 Å². The van der Waals surface area contributed by atoms with Crippen molar-refractivity contribution in [2.45, 2.75) is 31.7 Å². The van der Waals surface area contributed by atoms with E-state index in [4.69, 9.17) is 4.74 Å². The van der Waals surface area contributed by atoms with Crippen LogP contribution >= 0.6 is 0 Å². The summed E-state index contributed by atoms with van der Waals surface area (Å²) in [4.78, 5) is 19.3.